The summed E-state index contributed by atoms with van der Waals surface area (Å²) in [6.45, 7) is 0. The number of hydrazine groups is 1. The Hall–Kier alpha value is -1.60. The Balaban J connectivity index is 2.35. The summed E-state index contributed by atoms with van der Waals surface area (Å²) in [7, 11) is 0. The molecular weight excluding hydrogens is 254 g/mol. The van der Waals surface area contributed by atoms with Crippen molar-refractivity contribution < 1.29 is 9.72 Å². The molecule has 0 aromatic heterocycles. The molecule has 0 unspecified atom stereocenters. The highest BCUT2D eigenvalue weighted by Crippen LogP contribution is 2.29. The summed E-state index contributed by atoms with van der Waals surface area (Å²) < 4.78 is 0. The number of para-hydroxylation sites is 1. The molecule has 0 aliphatic carbocycles. The number of nitro groups is 1. The highest BCUT2D eigenvalue weighted by Gasteiger charge is 2.12. The van der Waals surface area contributed by atoms with Gasteiger partial charge in [0, 0.05) is 12.5 Å². The molecule has 0 atom stereocenters. The van der Waals surface area contributed by atoms with Gasteiger partial charge in [-0.15, -0.1) is 11.8 Å². The lowest BCUT2D eigenvalue weighted by Crippen LogP contribution is -2.29. The van der Waals surface area contributed by atoms with Gasteiger partial charge in [0.1, 0.15) is 0 Å². The molecule has 0 spiro atoms. The van der Waals surface area contributed by atoms with Crippen molar-refractivity contribution in [3.8, 4) is 0 Å². The van der Waals surface area contributed by atoms with Crippen LogP contribution in [0.4, 0.5) is 5.69 Å². The van der Waals surface area contributed by atoms with E-state index in [-0.39, 0.29) is 16.5 Å². The molecule has 0 bridgehead atoms. The lowest BCUT2D eigenvalue weighted by molar-refractivity contribution is -0.387. The Morgan fingerprint density at radius 1 is 1.39 bits per heavy atom. The van der Waals surface area contributed by atoms with Crippen LogP contribution in [-0.2, 0) is 4.79 Å². The van der Waals surface area contributed by atoms with Crippen LogP contribution < -0.4 is 11.3 Å². The summed E-state index contributed by atoms with van der Waals surface area (Å²) in [4.78, 5) is 21.9. The SMILES string of the molecule is NNC(=O)CCCCSc1ccccc1[N+](=O)[O-]. The third-order valence-corrected chi connectivity index (χ3v) is 3.43. The monoisotopic (exact) mass is 269 g/mol. The number of rotatable bonds is 7. The highest BCUT2D eigenvalue weighted by atomic mass is 32.2. The fraction of sp³-hybridized carbons (Fsp3) is 0.364. The summed E-state index contributed by atoms with van der Waals surface area (Å²) in [5.41, 5.74) is 2.19. The summed E-state index contributed by atoms with van der Waals surface area (Å²) in [5.74, 6) is 5.50. The Bertz CT molecular complexity index is 426. The van der Waals surface area contributed by atoms with Crippen molar-refractivity contribution in [2.75, 3.05) is 5.75 Å². The molecule has 0 heterocycles. The first-order valence-electron chi connectivity index (χ1n) is 5.51. The van der Waals surface area contributed by atoms with Crippen molar-refractivity contribution in [2.24, 2.45) is 5.84 Å². The second-order valence-corrected chi connectivity index (χ2v) is 4.73. The van der Waals surface area contributed by atoms with Crippen LogP contribution >= 0.6 is 11.8 Å². The topological polar surface area (TPSA) is 98.3 Å². The quantitative estimate of drug-likeness (QED) is 0.196. The predicted molar refractivity (Wildman–Crippen MR) is 70.0 cm³/mol. The first-order valence-corrected chi connectivity index (χ1v) is 6.49. The van der Waals surface area contributed by atoms with Gasteiger partial charge in [0.2, 0.25) is 5.91 Å². The maximum Gasteiger partial charge on any atom is 0.282 e. The standard InChI is InChI=1S/C11H15N3O3S/c12-13-11(15)7-3-4-8-18-10-6-2-1-5-9(10)14(16)17/h1-2,5-6H,3-4,7-8,12H2,(H,13,15). The molecule has 6 nitrogen and oxygen atoms in total. The van der Waals surface area contributed by atoms with Crippen molar-refractivity contribution in [2.45, 2.75) is 24.2 Å². The number of hydrogen-bond acceptors (Lipinski definition) is 5. The van der Waals surface area contributed by atoms with Crippen LogP contribution in [0, 0.1) is 10.1 Å². The fourth-order valence-electron chi connectivity index (χ4n) is 1.37. The van der Waals surface area contributed by atoms with Crippen LogP contribution in [0.3, 0.4) is 0 Å². The average Bonchev–Trinajstić information content (AvgIpc) is 2.38. The molecule has 1 rings (SSSR count). The van der Waals surface area contributed by atoms with Crippen LogP contribution in [0.5, 0.6) is 0 Å². The van der Waals surface area contributed by atoms with E-state index < -0.39 is 0 Å². The van der Waals surface area contributed by atoms with Gasteiger partial charge in [0.25, 0.3) is 5.69 Å². The number of unbranched alkanes of at least 4 members (excludes halogenated alkanes) is 1. The number of nitro benzene ring substituents is 1. The smallest absolute Gasteiger partial charge is 0.282 e. The second-order valence-electron chi connectivity index (χ2n) is 3.60. The third-order valence-electron chi connectivity index (χ3n) is 2.28. The van der Waals surface area contributed by atoms with Gasteiger partial charge in [-0.1, -0.05) is 12.1 Å². The predicted octanol–water partition coefficient (Wildman–Crippen LogP) is 1.85. The Labute approximate surface area is 109 Å². The van der Waals surface area contributed by atoms with Crippen molar-refractivity contribution in [3.05, 3.63) is 34.4 Å². The zero-order chi connectivity index (χ0) is 13.4. The molecule has 0 saturated heterocycles. The summed E-state index contributed by atoms with van der Waals surface area (Å²) in [5, 5.41) is 10.8. The van der Waals surface area contributed by atoms with E-state index in [2.05, 4.69) is 5.43 Å². The summed E-state index contributed by atoms with van der Waals surface area (Å²) in [6.07, 6.45) is 1.91. The van der Waals surface area contributed by atoms with E-state index in [1.807, 2.05) is 0 Å². The minimum absolute atomic E-state index is 0.127. The molecule has 0 radical (unpaired) electrons. The molecule has 7 heteroatoms. The molecule has 0 aliphatic rings. The molecule has 0 fully saturated rings. The number of carbonyl (C=O) groups is 1. The maximum atomic E-state index is 10.9. The molecule has 98 valence electrons. The average molecular weight is 269 g/mol. The van der Waals surface area contributed by atoms with E-state index in [0.29, 0.717) is 11.3 Å². The molecule has 3 N–H and O–H groups in total. The largest absolute Gasteiger partial charge is 0.294 e. The Morgan fingerprint density at radius 2 is 2.11 bits per heavy atom. The number of thioether (sulfide) groups is 1. The number of benzene rings is 1. The number of carbonyl (C=O) groups excluding carboxylic acids is 1. The van der Waals surface area contributed by atoms with Gasteiger partial charge in [0.05, 0.1) is 9.82 Å². The highest BCUT2D eigenvalue weighted by molar-refractivity contribution is 7.99. The van der Waals surface area contributed by atoms with Crippen LogP contribution in [-0.4, -0.2) is 16.6 Å². The normalized spacial score (nSPS) is 10.1. The van der Waals surface area contributed by atoms with Crippen molar-refractivity contribution in [1.29, 1.82) is 0 Å². The van der Waals surface area contributed by atoms with Crippen molar-refractivity contribution >= 4 is 23.4 Å². The first-order chi connectivity index (χ1) is 8.65. The number of nitrogens with one attached hydrogen (secondary N) is 1. The van der Waals surface area contributed by atoms with E-state index in [9.17, 15) is 14.9 Å². The maximum absolute atomic E-state index is 10.9. The van der Waals surface area contributed by atoms with E-state index >= 15 is 0 Å². The van der Waals surface area contributed by atoms with Gasteiger partial charge in [-0.25, -0.2) is 5.84 Å². The van der Waals surface area contributed by atoms with Gasteiger partial charge in [-0.3, -0.25) is 20.3 Å². The lowest BCUT2D eigenvalue weighted by atomic mass is 10.2. The number of hydrogen-bond donors (Lipinski definition) is 2. The minimum atomic E-state index is -0.385. The van der Waals surface area contributed by atoms with Gasteiger partial charge in [-0.2, -0.15) is 0 Å². The number of nitrogens with zero attached hydrogens (tertiary/aromatic N) is 1. The Kier molecular flexibility index (Phi) is 6.16. The zero-order valence-electron chi connectivity index (χ0n) is 9.80. The van der Waals surface area contributed by atoms with E-state index in [0.717, 1.165) is 18.6 Å². The van der Waals surface area contributed by atoms with E-state index in [1.165, 1.54) is 17.8 Å². The molecular formula is C11H15N3O3S. The molecule has 1 aromatic carbocycles. The third kappa shape index (κ3) is 4.72. The van der Waals surface area contributed by atoms with Gasteiger partial charge >= 0.3 is 0 Å². The van der Waals surface area contributed by atoms with E-state index in [4.69, 9.17) is 5.84 Å². The first kappa shape index (κ1) is 14.5. The zero-order valence-corrected chi connectivity index (χ0v) is 10.6. The Morgan fingerprint density at radius 3 is 2.78 bits per heavy atom. The summed E-state index contributed by atoms with van der Waals surface area (Å²) >= 11 is 1.43. The molecule has 18 heavy (non-hydrogen) atoms. The van der Waals surface area contributed by atoms with Gasteiger partial charge in [0.15, 0.2) is 0 Å². The number of nitrogens with two attached hydrogens (primary N) is 1. The fourth-order valence-corrected chi connectivity index (χ4v) is 2.41. The van der Waals surface area contributed by atoms with Crippen LogP contribution in [0.25, 0.3) is 0 Å². The van der Waals surface area contributed by atoms with E-state index in [1.54, 1.807) is 18.2 Å². The second kappa shape index (κ2) is 7.67. The van der Waals surface area contributed by atoms with Gasteiger partial charge in [-0.05, 0) is 24.7 Å². The minimum Gasteiger partial charge on any atom is -0.294 e. The van der Waals surface area contributed by atoms with Crippen LogP contribution in [0.1, 0.15) is 19.3 Å². The van der Waals surface area contributed by atoms with Crippen LogP contribution in [0.2, 0.25) is 0 Å². The van der Waals surface area contributed by atoms with Crippen LogP contribution in [0.15, 0.2) is 29.2 Å². The molecule has 0 saturated carbocycles. The van der Waals surface area contributed by atoms with Gasteiger partial charge < -0.3 is 0 Å². The lowest BCUT2D eigenvalue weighted by Gasteiger charge is -2.02. The van der Waals surface area contributed by atoms with Crippen molar-refractivity contribution in [1.82, 2.24) is 5.43 Å². The molecule has 0 aliphatic heterocycles. The molecule has 1 amide bonds. The number of amides is 1. The summed E-state index contributed by atoms with van der Waals surface area (Å²) in [6, 6.07) is 6.64. The molecule has 1 aromatic rings. The van der Waals surface area contributed by atoms with Crippen molar-refractivity contribution in [3.63, 3.8) is 0 Å².